The number of benzene rings is 4. The zero-order valence-electron chi connectivity index (χ0n) is 23.3. The Balaban J connectivity index is 1.77. The van der Waals surface area contributed by atoms with Crippen LogP contribution >= 0.6 is 7.60 Å². The van der Waals surface area contributed by atoms with E-state index in [0.29, 0.717) is 41.5 Å². The van der Waals surface area contributed by atoms with Crippen LogP contribution in [0.5, 0.6) is 11.5 Å². The van der Waals surface area contributed by atoms with Gasteiger partial charge in [-0.25, -0.2) is 0 Å². The van der Waals surface area contributed by atoms with Crippen LogP contribution in [0.15, 0.2) is 103 Å². The summed E-state index contributed by atoms with van der Waals surface area (Å²) in [5.74, 6) is 0.174. The zero-order chi connectivity index (χ0) is 29.1. The third-order valence-electron chi connectivity index (χ3n) is 6.21. The van der Waals surface area contributed by atoms with Crippen LogP contribution in [0.1, 0.15) is 41.9 Å². The van der Waals surface area contributed by atoms with Gasteiger partial charge >= 0.3 is 7.60 Å². The first-order valence-corrected chi connectivity index (χ1v) is 15.1. The summed E-state index contributed by atoms with van der Waals surface area (Å²) in [6.07, 6.45) is 0. The lowest BCUT2D eigenvalue weighted by molar-refractivity contribution is 0.185. The lowest BCUT2D eigenvalue weighted by Gasteiger charge is -2.29. The molecule has 4 aromatic carbocycles. The highest BCUT2D eigenvalue weighted by Crippen LogP contribution is 2.62. The average molecular weight is 574 g/mol. The summed E-state index contributed by atoms with van der Waals surface area (Å²) in [6, 6.07) is 31.5. The van der Waals surface area contributed by atoms with Gasteiger partial charge in [0, 0.05) is 11.3 Å². The van der Waals surface area contributed by atoms with Crippen LogP contribution in [0, 0.1) is 5.41 Å². The molecule has 0 saturated heterocycles. The zero-order valence-corrected chi connectivity index (χ0v) is 24.2. The number of anilines is 1. The number of hydrogen-bond donors (Lipinski definition) is 3. The molecule has 0 bridgehead atoms. The van der Waals surface area contributed by atoms with E-state index in [-0.39, 0.29) is 19.0 Å². The lowest BCUT2D eigenvalue weighted by Crippen LogP contribution is -2.16. The van der Waals surface area contributed by atoms with Crippen molar-refractivity contribution in [3.63, 3.8) is 0 Å². The summed E-state index contributed by atoms with van der Waals surface area (Å²) in [6.45, 7) is 4.88. The number of hydrogen-bond acceptors (Lipinski definition) is 7. The first kappa shape index (κ1) is 29.9. The minimum absolute atomic E-state index is 0.0379. The van der Waals surface area contributed by atoms with Gasteiger partial charge in [0.15, 0.2) is 17.3 Å². The van der Waals surface area contributed by atoms with Crippen molar-refractivity contribution in [2.24, 2.45) is 5.73 Å². The van der Waals surface area contributed by atoms with Crippen molar-refractivity contribution in [2.75, 3.05) is 18.5 Å². The van der Waals surface area contributed by atoms with Gasteiger partial charge < -0.3 is 29.6 Å². The normalized spacial score (nSPS) is 12.0. The molecule has 9 heteroatoms. The number of ether oxygens (including phenoxy) is 2. The van der Waals surface area contributed by atoms with E-state index >= 15 is 0 Å². The fourth-order valence-electron chi connectivity index (χ4n) is 4.15. The molecule has 0 fully saturated rings. The third kappa shape index (κ3) is 8.21. The highest BCUT2D eigenvalue weighted by molar-refractivity contribution is 7.54. The van der Waals surface area contributed by atoms with Gasteiger partial charge in [0.1, 0.15) is 5.84 Å². The van der Waals surface area contributed by atoms with Crippen molar-refractivity contribution >= 4 is 19.1 Å². The van der Waals surface area contributed by atoms with E-state index in [4.69, 9.17) is 29.7 Å². The maximum atomic E-state index is 14.9. The van der Waals surface area contributed by atoms with Crippen LogP contribution in [-0.2, 0) is 26.8 Å². The molecule has 1 unspecified atom stereocenters. The van der Waals surface area contributed by atoms with Crippen LogP contribution < -0.4 is 20.5 Å². The monoisotopic (exact) mass is 573 g/mol. The van der Waals surface area contributed by atoms with Gasteiger partial charge in [-0.15, -0.1) is 0 Å². The van der Waals surface area contributed by atoms with Gasteiger partial charge in [0.2, 0.25) is 0 Å². The fourth-order valence-corrected chi connectivity index (χ4v) is 6.01. The second-order valence-corrected chi connectivity index (χ2v) is 11.3. The van der Waals surface area contributed by atoms with E-state index in [2.05, 4.69) is 5.32 Å². The van der Waals surface area contributed by atoms with Crippen molar-refractivity contribution in [1.82, 2.24) is 0 Å². The molecule has 0 aliphatic rings. The molecule has 0 saturated carbocycles. The van der Waals surface area contributed by atoms with Gasteiger partial charge in [0.05, 0.1) is 26.4 Å². The number of nitrogens with two attached hydrogens (primary N) is 1. The number of nitrogen functional groups attached to an aromatic ring is 1. The van der Waals surface area contributed by atoms with E-state index in [9.17, 15) is 4.57 Å². The summed E-state index contributed by atoms with van der Waals surface area (Å²) >= 11 is 0. The predicted molar refractivity (Wildman–Crippen MR) is 163 cm³/mol. The summed E-state index contributed by atoms with van der Waals surface area (Å²) in [5, 5.41) is 11.1. The Labute approximate surface area is 241 Å². The molecule has 214 valence electrons. The Morgan fingerprint density at radius 3 is 1.83 bits per heavy atom. The summed E-state index contributed by atoms with van der Waals surface area (Å²) in [7, 11) is -3.92. The molecule has 4 N–H and O–H groups in total. The largest absolute Gasteiger partial charge is 0.490 e. The Morgan fingerprint density at radius 2 is 1.32 bits per heavy atom. The third-order valence-corrected chi connectivity index (χ3v) is 8.24. The fraction of sp³-hybridized carbons (Fsp3) is 0.219. The van der Waals surface area contributed by atoms with Gasteiger partial charge in [0.25, 0.3) is 0 Å². The molecule has 1 atom stereocenters. The standard InChI is InChI=1S/C32H36N3O5P/c1-3-37-29-20-17-27(21-30(29)38-4-2)32(35-28-18-15-26(16-19-28)31(33)34)41(36,39-22-24-11-7-5-8-12-24)40-23-25-13-9-6-10-14-25/h5-21,32,35H,3-4,22-23H2,1-2H3,(H3,33,34). The number of amidine groups is 1. The van der Waals surface area contributed by atoms with Crippen molar-refractivity contribution in [2.45, 2.75) is 32.8 Å². The molecule has 0 aromatic heterocycles. The minimum atomic E-state index is -3.92. The van der Waals surface area contributed by atoms with Gasteiger partial charge in [-0.1, -0.05) is 66.7 Å². The van der Waals surface area contributed by atoms with E-state index in [1.165, 1.54) is 0 Å². The van der Waals surface area contributed by atoms with Crippen molar-refractivity contribution < 1.29 is 23.1 Å². The van der Waals surface area contributed by atoms with Crippen LogP contribution in [0.25, 0.3) is 0 Å². The van der Waals surface area contributed by atoms with Gasteiger partial charge in [-0.05, 0) is 66.9 Å². The predicted octanol–water partition coefficient (Wildman–Crippen LogP) is 7.51. The Bertz CT molecular complexity index is 1400. The highest BCUT2D eigenvalue weighted by Gasteiger charge is 2.38. The molecule has 4 aromatic rings. The minimum Gasteiger partial charge on any atom is -0.490 e. The lowest BCUT2D eigenvalue weighted by atomic mass is 10.1. The summed E-state index contributed by atoms with van der Waals surface area (Å²) in [4.78, 5) is 0. The Hall–Kier alpha value is -4.10. The highest BCUT2D eigenvalue weighted by atomic mass is 31.2. The van der Waals surface area contributed by atoms with Gasteiger partial charge in [-0.3, -0.25) is 9.97 Å². The maximum Gasteiger partial charge on any atom is 0.357 e. The molecule has 0 aliphatic carbocycles. The first-order valence-electron chi connectivity index (χ1n) is 13.5. The number of nitrogens with one attached hydrogen (secondary N) is 2. The second kappa shape index (κ2) is 14.5. The Morgan fingerprint density at radius 1 is 0.780 bits per heavy atom. The SMILES string of the molecule is CCOc1ccc(C(Nc2ccc(C(=N)N)cc2)P(=O)(OCc2ccccc2)OCc2ccccc2)cc1OCC. The molecule has 41 heavy (non-hydrogen) atoms. The molecule has 0 aliphatic heterocycles. The maximum absolute atomic E-state index is 14.9. The summed E-state index contributed by atoms with van der Waals surface area (Å²) < 4.78 is 39.0. The van der Waals surface area contributed by atoms with E-state index in [0.717, 1.165) is 11.1 Å². The topological polar surface area (TPSA) is 116 Å². The molecular formula is C32H36N3O5P. The van der Waals surface area contributed by atoms with E-state index < -0.39 is 13.4 Å². The van der Waals surface area contributed by atoms with Crippen LogP contribution in [-0.4, -0.2) is 19.0 Å². The molecule has 0 heterocycles. The van der Waals surface area contributed by atoms with Crippen LogP contribution in [0.2, 0.25) is 0 Å². The molecule has 0 amide bonds. The van der Waals surface area contributed by atoms with Crippen LogP contribution in [0.3, 0.4) is 0 Å². The Kier molecular flexibility index (Phi) is 10.6. The molecule has 0 radical (unpaired) electrons. The first-order chi connectivity index (χ1) is 19.9. The average Bonchev–Trinajstić information content (AvgIpc) is 3.00. The summed E-state index contributed by atoms with van der Waals surface area (Å²) in [5.41, 5.74) is 9.25. The van der Waals surface area contributed by atoms with Crippen molar-refractivity contribution in [3.05, 3.63) is 125 Å². The molecule has 0 spiro atoms. The van der Waals surface area contributed by atoms with Crippen molar-refractivity contribution in [1.29, 1.82) is 5.41 Å². The second-order valence-electron chi connectivity index (χ2n) is 9.17. The van der Waals surface area contributed by atoms with Gasteiger partial charge in [-0.2, -0.15) is 0 Å². The van der Waals surface area contributed by atoms with E-state index in [1.807, 2.05) is 80.6 Å². The smallest absolute Gasteiger partial charge is 0.357 e. The molecule has 4 rings (SSSR count). The van der Waals surface area contributed by atoms with Crippen molar-refractivity contribution in [3.8, 4) is 11.5 Å². The van der Waals surface area contributed by atoms with Crippen LogP contribution in [0.4, 0.5) is 5.69 Å². The quantitative estimate of drug-likeness (QED) is 0.0766. The molecular weight excluding hydrogens is 537 g/mol. The molecule has 8 nitrogen and oxygen atoms in total. The van der Waals surface area contributed by atoms with E-state index in [1.54, 1.807) is 36.4 Å². The number of rotatable bonds is 15.